The number of nitrogens with zero attached hydrogens (tertiary/aromatic N) is 7. The molecule has 1 saturated heterocycles. The molecule has 0 saturated carbocycles. The van der Waals surface area contributed by atoms with Gasteiger partial charge in [-0.3, -0.25) is 0 Å². The van der Waals surface area contributed by atoms with Crippen molar-refractivity contribution in [3.05, 3.63) is 47.7 Å². The Balaban J connectivity index is 0.000000318. The van der Waals surface area contributed by atoms with Crippen LogP contribution in [0.5, 0.6) is 0 Å². The zero-order valence-electron chi connectivity index (χ0n) is 17.5. The summed E-state index contributed by atoms with van der Waals surface area (Å²) in [4.78, 5) is 10.5. The maximum Gasteiger partial charge on any atom is 0.248 e. The van der Waals surface area contributed by atoms with E-state index < -0.39 is 0 Å². The predicted octanol–water partition coefficient (Wildman–Crippen LogP) is 1.45. The van der Waals surface area contributed by atoms with Crippen molar-refractivity contribution in [2.45, 2.75) is 0 Å². The highest BCUT2D eigenvalue weighted by atomic mass is 35.5. The summed E-state index contributed by atoms with van der Waals surface area (Å²) in [6, 6.07) is 11.6. The number of benzene rings is 1. The normalized spacial score (nSPS) is 13.3. The maximum atomic E-state index is 5.97. The number of morpholine rings is 1. The molecule has 1 aliphatic heterocycles. The monoisotopic (exact) mass is 470 g/mol. The molecule has 8 N–H and O–H groups in total. The van der Waals surface area contributed by atoms with Gasteiger partial charge in [0.15, 0.2) is 11.6 Å². The number of anilines is 6. The average Bonchev–Trinajstić information content (AvgIpc) is 3.39. The van der Waals surface area contributed by atoms with Crippen molar-refractivity contribution in [2.75, 3.05) is 53.7 Å². The maximum absolute atomic E-state index is 5.97. The van der Waals surface area contributed by atoms with Crippen LogP contribution < -0.4 is 27.4 Å². The minimum Gasteiger partial charge on any atom is -0.381 e. The van der Waals surface area contributed by atoms with Gasteiger partial charge in [0, 0.05) is 36.7 Å². The van der Waals surface area contributed by atoms with Gasteiger partial charge in [-0.2, -0.15) is 9.67 Å². The van der Waals surface area contributed by atoms with Crippen LogP contribution in [-0.4, -0.2) is 61.5 Å². The third-order valence-corrected chi connectivity index (χ3v) is 4.90. The van der Waals surface area contributed by atoms with Gasteiger partial charge in [-0.25, -0.2) is 10.1 Å². The van der Waals surface area contributed by atoms with Gasteiger partial charge >= 0.3 is 0 Å². The molecule has 1 fully saturated rings. The summed E-state index contributed by atoms with van der Waals surface area (Å²) < 4.78 is 6.90. The zero-order chi connectivity index (χ0) is 23.2. The number of pyridine rings is 1. The van der Waals surface area contributed by atoms with Gasteiger partial charge < -0.3 is 32.2 Å². The molecule has 0 amide bonds. The second-order valence-corrected chi connectivity index (χ2v) is 7.31. The smallest absolute Gasteiger partial charge is 0.248 e. The van der Waals surface area contributed by atoms with E-state index in [9.17, 15) is 0 Å². The van der Waals surface area contributed by atoms with E-state index in [2.05, 4.69) is 52.8 Å². The molecule has 14 heteroatoms. The highest BCUT2D eigenvalue weighted by molar-refractivity contribution is 6.29. The van der Waals surface area contributed by atoms with E-state index in [4.69, 9.17) is 33.5 Å². The number of hydrogen-bond acceptors (Lipinski definition) is 11. The van der Waals surface area contributed by atoms with Crippen LogP contribution in [0.4, 0.5) is 34.9 Å². The van der Waals surface area contributed by atoms with Gasteiger partial charge in [0.1, 0.15) is 5.15 Å². The average molecular weight is 471 g/mol. The molecule has 172 valence electrons. The van der Waals surface area contributed by atoms with Crippen LogP contribution in [0.1, 0.15) is 0 Å². The van der Waals surface area contributed by atoms with Gasteiger partial charge in [-0.15, -0.1) is 10.2 Å². The first-order valence-corrected chi connectivity index (χ1v) is 10.3. The van der Waals surface area contributed by atoms with Gasteiger partial charge in [-0.05, 0) is 30.3 Å². The summed E-state index contributed by atoms with van der Waals surface area (Å²) in [7, 11) is 0. The minimum atomic E-state index is 0.250. The van der Waals surface area contributed by atoms with Crippen LogP contribution in [0.25, 0.3) is 5.69 Å². The largest absolute Gasteiger partial charge is 0.381 e. The number of aromatic amines is 1. The standard InChI is InChI=1S/C17H18ClN7O.C2H5N5/c18-15-11-14(5-6-20-15)25-16(19)22-17(23-25)21-12-1-3-13(4-2-12)24-7-9-26-10-8-24;3-1-2(4)6-7-5-1/h1-6,11H,7-10H2,(H3,19,21,22,23);(H5,3,4,5,6,7). The number of H-pyrrole nitrogens is 1. The second-order valence-electron chi connectivity index (χ2n) is 6.92. The van der Waals surface area contributed by atoms with E-state index in [0.29, 0.717) is 22.6 Å². The number of halogens is 1. The fraction of sp³-hybridized carbons (Fsp3) is 0.211. The Hall–Kier alpha value is -4.10. The lowest BCUT2D eigenvalue weighted by molar-refractivity contribution is 0.122. The molecular weight excluding hydrogens is 448 g/mol. The topological polar surface area (TPSA) is 188 Å². The summed E-state index contributed by atoms with van der Waals surface area (Å²) in [6.07, 6.45) is 1.59. The summed E-state index contributed by atoms with van der Waals surface area (Å²) in [5, 5.41) is 16.9. The van der Waals surface area contributed by atoms with E-state index in [-0.39, 0.29) is 11.8 Å². The number of nitrogens with one attached hydrogen (secondary N) is 2. The lowest BCUT2D eigenvalue weighted by atomic mass is 10.2. The molecule has 1 aromatic carbocycles. The quantitative estimate of drug-likeness (QED) is 0.271. The Kier molecular flexibility index (Phi) is 6.71. The summed E-state index contributed by atoms with van der Waals surface area (Å²) >= 11 is 5.92. The van der Waals surface area contributed by atoms with Crippen LogP contribution in [0.3, 0.4) is 0 Å². The summed E-state index contributed by atoms with van der Waals surface area (Å²) in [5.41, 5.74) is 19.0. The fourth-order valence-corrected chi connectivity index (χ4v) is 3.21. The Bertz CT molecular complexity index is 1170. The van der Waals surface area contributed by atoms with E-state index in [1.165, 1.54) is 10.4 Å². The number of nitrogen functional groups attached to an aromatic ring is 3. The second kappa shape index (κ2) is 10.0. The first-order chi connectivity index (χ1) is 16.0. The molecule has 13 nitrogen and oxygen atoms in total. The summed E-state index contributed by atoms with van der Waals surface area (Å²) in [5.74, 6) is 1.24. The lowest BCUT2D eigenvalue weighted by Gasteiger charge is -2.28. The van der Waals surface area contributed by atoms with Crippen LogP contribution in [0.15, 0.2) is 42.6 Å². The first kappa shape index (κ1) is 22.1. The zero-order valence-corrected chi connectivity index (χ0v) is 18.3. The van der Waals surface area contributed by atoms with Crippen LogP contribution in [-0.2, 0) is 4.74 Å². The molecule has 0 bridgehead atoms. The van der Waals surface area contributed by atoms with Crippen molar-refractivity contribution in [3.63, 3.8) is 0 Å². The third kappa shape index (κ3) is 5.58. The Labute approximate surface area is 193 Å². The van der Waals surface area contributed by atoms with Gasteiger partial charge in [0.05, 0.1) is 18.9 Å². The summed E-state index contributed by atoms with van der Waals surface area (Å²) in [6.45, 7) is 3.34. The minimum absolute atomic E-state index is 0.250. The first-order valence-electron chi connectivity index (χ1n) is 9.96. The van der Waals surface area contributed by atoms with E-state index >= 15 is 0 Å². The lowest BCUT2D eigenvalue weighted by Crippen LogP contribution is -2.36. The van der Waals surface area contributed by atoms with Crippen molar-refractivity contribution in [3.8, 4) is 5.69 Å². The van der Waals surface area contributed by atoms with Crippen molar-refractivity contribution >= 4 is 46.5 Å². The van der Waals surface area contributed by atoms with Gasteiger partial charge in [0.2, 0.25) is 11.9 Å². The van der Waals surface area contributed by atoms with Crippen LogP contribution in [0.2, 0.25) is 5.15 Å². The van der Waals surface area contributed by atoms with Crippen molar-refractivity contribution in [1.82, 2.24) is 35.2 Å². The fourth-order valence-electron chi connectivity index (χ4n) is 3.04. The van der Waals surface area contributed by atoms with E-state index in [1.807, 2.05) is 12.1 Å². The molecule has 33 heavy (non-hydrogen) atoms. The third-order valence-electron chi connectivity index (χ3n) is 4.69. The number of ether oxygens (including phenoxy) is 1. The number of aromatic nitrogens is 7. The van der Waals surface area contributed by atoms with Crippen molar-refractivity contribution in [2.24, 2.45) is 0 Å². The molecule has 0 atom stereocenters. The molecular formula is C19H23ClN12O. The Morgan fingerprint density at radius 3 is 2.39 bits per heavy atom. The molecule has 0 aliphatic carbocycles. The molecule has 5 rings (SSSR count). The van der Waals surface area contributed by atoms with Crippen LogP contribution >= 0.6 is 11.6 Å². The SMILES string of the molecule is Nc1nc(Nc2ccc(N3CCOCC3)cc2)nn1-c1ccnc(Cl)c1.Nc1nn[nH]c1N. The van der Waals surface area contributed by atoms with E-state index in [1.54, 1.807) is 18.3 Å². The van der Waals surface area contributed by atoms with Gasteiger partial charge in [-0.1, -0.05) is 16.8 Å². The number of hydrogen-bond donors (Lipinski definition) is 5. The molecule has 4 heterocycles. The van der Waals surface area contributed by atoms with Crippen LogP contribution in [0, 0.1) is 0 Å². The van der Waals surface area contributed by atoms with Crippen molar-refractivity contribution < 1.29 is 4.74 Å². The number of rotatable bonds is 4. The Morgan fingerprint density at radius 1 is 1.03 bits per heavy atom. The molecule has 4 aromatic rings. The molecule has 0 spiro atoms. The highest BCUT2D eigenvalue weighted by Crippen LogP contribution is 2.22. The molecule has 0 radical (unpaired) electrons. The van der Waals surface area contributed by atoms with E-state index in [0.717, 1.165) is 32.0 Å². The molecule has 3 aromatic heterocycles. The highest BCUT2D eigenvalue weighted by Gasteiger charge is 2.12. The van der Waals surface area contributed by atoms with Crippen molar-refractivity contribution in [1.29, 1.82) is 0 Å². The Morgan fingerprint density at radius 2 is 1.79 bits per heavy atom. The van der Waals surface area contributed by atoms with Gasteiger partial charge in [0.25, 0.3) is 0 Å². The molecule has 0 unspecified atom stereocenters. The molecule has 1 aliphatic rings. The predicted molar refractivity (Wildman–Crippen MR) is 127 cm³/mol. The number of nitrogens with two attached hydrogens (primary N) is 3.